The highest BCUT2D eigenvalue weighted by atomic mass is 35.5. The maximum Gasteiger partial charge on any atom is 0.223 e. The molecule has 2 aliphatic rings. The number of carbonyl (C=O) groups is 1. The van der Waals surface area contributed by atoms with Gasteiger partial charge in [-0.3, -0.25) is 4.79 Å². The van der Waals surface area contributed by atoms with Gasteiger partial charge in [-0.15, -0.1) is 24.8 Å². The first-order chi connectivity index (χ1) is 12.4. The molecule has 160 valence electrons. The Morgan fingerprint density at radius 2 is 1.71 bits per heavy atom. The first-order valence-electron chi connectivity index (χ1n) is 10.2. The SMILES string of the molecule is CC(NC(C)(C)CNC(=O)C1CC2CCCC(C1)C2N)c1ccccc1.Cl.Cl. The third-order valence-electron chi connectivity index (χ3n) is 6.40. The van der Waals surface area contributed by atoms with E-state index in [0.29, 0.717) is 24.4 Å². The molecule has 1 aromatic rings. The van der Waals surface area contributed by atoms with Crippen LogP contribution in [0.25, 0.3) is 0 Å². The first-order valence-corrected chi connectivity index (χ1v) is 10.2. The minimum Gasteiger partial charge on any atom is -0.354 e. The van der Waals surface area contributed by atoms with Crippen molar-refractivity contribution in [2.24, 2.45) is 23.5 Å². The number of hydrogen-bond donors (Lipinski definition) is 3. The van der Waals surface area contributed by atoms with Crippen LogP contribution in [0.15, 0.2) is 30.3 Å². The lowest BCUT2D eigenvalue weighted by molar-refractivity contribution is -0.128. The average Bonchev–Trinajstić information content (AvgIpc) is 2.60. The molecule has 4 N–H and O–H groups in total. The standard InChI is InChI=1S/C22H35N3O.2ClH/c1-15(16-8-5-4-6-9-16)25-22(2,3)14-24-21(26)19-12-17-10-7-11-18(13-19)20(17)23;;/h4-6,8-9,15,17-20,25H,7,10-14,23H2,1-3H3,(H,24,26);2*1H. The van der Waals surface area contributed by atoms with Crippen molar-refractivity contribution in [1.29, 1.82) is 0 Å². The molecule has 3 rings (SSSR count). The first kappa shape index (κ1) is 25.2. The van der Waals surface area contributed by atoms with Crippen molar-refractivity contribution in [2.75, 3.05) is 6.54 Å². The molecule has 0 aromatic heterocycles. The van der Waals surface area contributed by atoms with E-state index < -0.39 is 0 Å². The summed E-state index contributed by atoms with van der Waals surface area (Å²) in [5.74, 6) is 1.45. The topological polar surface area (TPSA) is 67.1 Å². The van der Waals surface area contributed by atoms with Gasteiger partial charge in [0.25, 0.3) is 0 Å². The van der Waals surface area contributed by atoms with E-state index in [9.17, 15) is 4.79 Å². The van der Waals surface area contributed by atoms with Crippen LogP contribution in [-0.2, 0) is 4.79 Å². The second-order valence-corrected chi connectivity index (χ2v) is 9.08. The van der Waals surface area contributed by atoms with Crippen LogP contribution in [0, 0.1) is 17.8 Å². The molecule has 6 heteroatoms. The number of hydrogen-bond acceptors (Lipinski definition) is 3. The zero-order valence-electron chi connectivity index (χ0n) is 17.3. The van der Waals surface area contributed by atoms with E-state index in [1.165, 1.54) is 24.8 Å². The Labute approximate surface area is 182 Å². The number of halogens is 2. The molecule has 3 unspecified atom stereocenters. The number of carbonyl (C=O) groups excluding carboxylic acids is 1. The van der Waals surface area contributed by atoms with Crippen LogP contribution < -0.4 is 16.4 Å². The molecule has 2 saturated carbocycles. The van der Waals surface area contributed by atoms with Gasteiger partial charge in [0.1, 0.15) is 0 Å². The Kier molecular flexibility index (Phi) is 9.75. The van der Waals surface area contributed by atoms with Crippen molar-refractivity contribution in [3.63, 3.8) is 0 Å². The molecule has 0 radical (unpaired) electrons. The van der Waals surface area contributed by atoms with Gasteiger partial charge in [0.15, 0.2) is 0 Å². The van der Waals surface area contributed by atoms with Crippen LogP contribution in [-0.4, -0.2) is 24.0 Å². The molecule has 0 saturated heterocycles. The van der Waals surface area contributed by atoms with Gasteiger partial charge in [0.2, 0.25) is 5.91 Å². The number of nitrogens with two attached hydrogens (primary N) is 1. The fourth-order valence-corrected chi connectivity index (χ4v) is 4.92. The number of amides is 1. The highest BCUT2D eigenvalue weighted by Crippen LogP contribution is 2.41. The number of benzene rings is 1. The molecule has 2 bridgehead atoms. The lowest BCUT2D eigenvalue weighted by Crippen LogP contribution is -2.53. The summed E-state index contributed by atoms with van der Waals surface area (Å²) in [6.07, 6.45) is 5.62. The smallest absolute Gasteiger partial charge is 0.223 e. The molecule has 0 aliphatic heterocycles. The Balaban J connectivity index is 0.00000196. The molecular formula is C22H37Cl2N3O. The van der Waals surface area contributed by atoms with E-state index >= 15 is 0 Å². The maximum absolute atomic E-state index is 12.8. The Morgan fingerprint density at radius 3 is 2.29 bits per heavy atom. The van der Waals surface area contributed by atoms with E-state index in [4.69, 9.17) is 5.73 Å². The van der Waals surface area contributed by atoms with Crippen molar-refractivity contribution in [2.45, 2.75) is 70.5 Å². The molecule has 1 amide bonds. The summed E-state index contributed by atoms with van der Waals surface area (Å²) >= 11 is 0. The lowest BCUT2D eigenvalue weighted by atomic mass is 9.65. The zero-order valence-corrected chi connectivity index (χ0v) is 19.0. The predicted molar refractivity (Wildman–Crippen MR) is 121 cm³/mol. The normalized spacial score (nSPS) is 27.7. The van der Waals surface area contributed by atoms with E-state index in [1.807, 2.05) is 6.07 Å². The van der Waals surface area contributed by atoms with E-state index in [2.05, 4.69) is 55.7 Å². The van der Waals surface area contributed by atoms with Crippen LogP contribution in [0.1, 0.15) is 64.5 Å². The van der Waals surface area contributed by atoms with Gasteiger partial charge in [0, 0.05) is 30.1 Å². The zero-order chi connectivity index (χ0) is 18.7. The van der Waals surface area contributed by atoms with Crippen LogP contribution in [0.2, 0.25) is 0 Å². The van der Waals surface area contributed by atoms with Gasteiger partial charge in [-0.1, -0.05) is 36.8 Å². The van der Waals surface area contributed by atoms with Gasteiger partial charge in [-0.2, -0.15) is 0 Å². The fourth-order valence-electron chi connectivity index (χ4n) is 4.92. The minimum atomic E-state index is -0.161. The van der Waals surface area contributed by atoms with Crippen molar-refractivity contribution in [3.05, 3.63) is 35.9 Å². The van der Waals surface area contributed by atoms with Crippen LogP contribution in [0.3, 0.4) is 0 Å². The summed E-state index contributed by atoms with van der Waals surface area (Å²) in [6.45, 7) is 7.11. The molecule has 2 aliphatic carbocycles. The number of fused-ring (bicyclic) bond motifs is 2. The van der Waals surface area contributed by atoms with Gasteiger partial charge in [-0.05, 0) is 63.9 Å². The summed E-state index contributed by atoms with van der Waals surface area (Å²) < 4.78 is 0. The third kappa shape index (κ3) is 6.35. The Bertz CT molecular complexity index is 597. The monoisotopic (exact) mass is 429 g/mol. The van der Waals surface area contributed by atoms with Crippen molar-refractivity contribution in [3.8, 4) is 0 Å². The van der Waals surface area contributed by atoms with Crippen molar-refractivity contribution in [1.82, 2.24) is 10.6 Å². The largest absolute Gasteiger partial charge is 0.354 e. The molecule has 0 heterocycles. The molecule has 2 fully saturated rings. The van der Waals surface area contributed by atoms with E-state index in [-0.39, 0.29) is 48.2 Å². The van der Waals surface area contributed by atoms with Gasteiger partial charge < -0.3 is 16.4 Å². The van der Waals surface area contributed by atoms with Crippen LogP contribution in [0.4, 0.5) is 0 Å². The maximum atomic E-state index is 12.8. The highest BCUT2D eigenvalue weighted by Gasteiger charge is 2.40. The molecular weight excluding hydrogens is 393 g/mol. The van der Waals surface area contributed by atoms with Gasteiger partial charge >= 0.3 is 0 Å². The summed E-state index contributed by atoms with van der Waals surface area (Å²) in [6, 6.07) is 11.0. The Morgan fingerprint density at radius 1 is 1.14 bits per heavy atom. The second-order valence-electron chi connectivity index (χ2n) is 9.08. The average molecular weight is 430 g/mol. The highest BCUT2D eigenvalue weighted by molar-refractivity contribution is 5.85. The fraction of sp³-hybridized carbons (Fsp3) is 0.682. The number of nitrogens with one attached hydrogen (secondary N) is 2. The van der Waals surface area contributed by atoms with Gasteiger partial charge in [-0.25, -0.2) is 0 Å². The van der Waals surface area contributed by atoms with Crippen LogP contribution in [0.5, 0.6) is 0 Å². The lowest BCUT2D eigenvalue weighted by Gasteiger charge is -2.43. The summed E-state index contributed by atoms with van der Waals surface area (Å²) in [5.41, 5.74) is 7.46. The molecule has 4 nitrogen and oxygen atoms in total. The van der Waals surface area contributed by atoms with E-state index in [1.54, 1.807) is 0 Å². The summed E-state index contributed by atoms with van der Waals surface area (Å²) in [5, 5.41) is 6.85. The van der Waals surface area contributed by atoms with Crippen molar-refractivity contribution >= 4 is 30.7 Å². The number of rotatable bonds is 6. The second kappa shape index (κ2) is 10.8. The minimum absolute atomic E-state index is 0. The summed E-state index contributed by atoms with van der Waals surface area (Å²) in [4.78, 5) is 12.8. The predicted octanol–water partition coefficient (Wildman–Crippen LogP) is 4.23. The van der Waals surface area contributed by atoms with Crippen LogP contribution >= 0.6 is 24.8 Å². The molecule has 3 atom stereocenters. The van der Waals surface area contributed by atoms with Crippen molar-refractivity contribution < 1.29 is 4.79 Å². The molecule has 0 spiro atoms. The molecule has 1 aromatic carbocycles. The molecule has 28 heavy (non-hydrogen) atoms. The van der Waals surface area contributed by atoms with E-state index in [0.717, 1.165) is 12.8 Å². The Hall–Kier alpha value is -0.810. The summed E-state index contributed by atoms with van der Waals surface area (Å²) in [7, 11) is 0. The van der Waals surface area contributed by atoms with Gasteiger partial charge in [0.05, 0.1) is 0 Å². The quantitative estimate of drug-likeness (QED) is 0.633. The third-order valence-corrected chi connectivity index (χ3v) is 6.40.